The molecule has 1 aliphatic rings. The van der Waals surface area contributed by atoms with Crippen molar-refractivity contribution in [1.82, 2.24) is 5.32 Å². The van der Waals surface area contributed by atoms with Crippen molar-refractivity contribution in [2.45, 2.75) is 56.4 Å². The zero-order valence-corrected chi connectivity index (χ0v) is 19.2. The van der Waals surface area contributed by atoms with Crippen molar-refractivity contribution in [3.63, 3.8) is 0 Å². The van der Waals surface area contributed by atoms with Gasteiger partial charge in [0.25, 0.3) is 15.9 Å². The second kappa shape index (κ2) is 10.8. The summed E-state index contributed by atoms with van der Waals surface area (Å²) in [5.74, 6) is -0.284. The summed E-state index contributed by atoms with van der Waals surface area (Å²) in [6.45, 7) is 3.03. The minimum absolute atomic E-state index is 0.0878. The fraction of sp³-hybridized carbons (Fsp3) is 0.458. The van der Waals surface area contributed by atoms with Gasteiger partial charge in [-0.25, -0.2) is 8.42 Å². The van der Waals surface area contributed by atoms with E-state index < -0.39 is 10.0 Å². The van der Waals surface area contributed by atoms with Gasteiger partial charge < -0.3 is 10.1 Å². The zero-order valence-electron chi connectivity index (χ0n) is 18.3. The van der Waals surface area contributed by atoms with E-state index >= 15 is 0 Å². The summed E-state index contributed by atoms with van der Waals surface area (Å²) >= 11 is 0. The monoisotopic (exact) mass is 444 g/mol. The van der Waals surface area contributed by atoms with Crippen LogP contribution in [0.2, 0.25) is 0 Å². The first kappa shape index (κ1) is 23.3. The highest BCUT2D eigenvalue weighted by molar-refractivity contribution is 7.92. The lowest BCUT2D eigenvalue weighted by Gasteiger charge is -2.22. The number of carbonyl (C=O) groups is 1. The van der Waals surface area contributed by atoms with Crippen LogP contribution in [-0.2, 0) is 14.8 Å². The molecule has 168 valence electrons. The van der Waals surface area contributed by atoms with E-state index in [0.29, 0.717) is 30.5 Å². The number of ether oxygens (including phenoxy) is 1. The first-order chi connectivity index (χ1) is 14.9. The van der Waals surface area contributed by atoms with Gasteiger partial charge in [0.15, 0.2) is 0 Å². The van der Waals surface area contributed by atoms with Crippen molar-refractivity contribution in [2.75, 3.05) is 24.5 Å². The number of hydrogen-bond donors (Lipinski definition) is 1. The molecule has 0 radical (unpaired) electrons. The Labute approximate surface area is 185 Å². The molecule has 2 aromatic rings. The number of anilines is 1. The van der Waals surface area contributed by atoms with E-state index in [0.717, 1.165) is 24.8 Å². The van der Waals surface area contributed by atoms with Crippen molar-refractivity contribution in [3.8, 4) is 0 Å². The first-order valence-electron chi connectivity index (χ1n) is 10.9. The number of sulfonamides is 1. The Morgan fingerprint density at radius 3 is 2.58 bits per heavy atom. The molecule has 3 rings (SSSR count). The summed E-state index contributed by atoms with van der Waals surface area (Å²) in [5.41, 5.74) is 1.87. The molecule has 0 atom stereocenters. The lowest BCUT2D eigenvalue weighted by molar-refractivity contribution is 0.0273. The van der Waals surface area contributed by atoms with Gasteiger partial charge >= 0.3 is 0 Å². The third kappa shape index (κ3) is 6.31. The van der Waals surface area contributed by atoms with E-state index in [9.17, 15) is 13.2 Å². The van der Waals surface area contributed by atoms with Crippen LogP contribution in [0, 0.1) is 6.92 Å². The fourth-order valence-electron chi connectivity index (χ4n) is 3.78. The topological polar surface area (TPSA) is 75.7 Å². The van der Waals surface area contributed by atoms with Crippen LogP contribution in [0.15, 0.2) is 53.4 Å². The number of nitrogens with one attached hydrogen (secondary N) is 1. The smallest absolute Gasteiger partial charge is 0.264 e. The molecule has 1 aliphatic carbocycles. The molecule has 0 heterocycles. The van der Waals surface area contributed by atoms with Gasteiger partial charge in [-0.3, -0.25) is 9.10 Å². The number of nitrogens with zero attached hydrogens (tertiary/aromatic N) is 1. The number of rotatable bonds is 9. The van der Waals surface area contributed by atoms with Gasteiger partial charge in [0.2, 0.25) is 0 Å². The number of amides is 1. The maximum Gasteiger partial charge on any atom is 0.264 e. The molecule has 1 N–H and O–H groups in total. The molecular weight excluding hydrogens is 412 g/mol. The number of aryl methyl sites for hydroxylation is 1. The maximum atomic E-state index is 13.0. The Kier molecular flexibility index (Phi) is 8.09. The summed E-state index contributed by atoms with van der Waals surface area (Å²) in [6.07, 6.45) is 7.12. The molecule has 0 aromatic heterocycles. The van der Waals surface area contributed by atoms with Gasteiger partial charge in [0, 0.05) is 25.8 Å². The van der Waals surface area contributed by atoms with Crippen LogP contribution in [-0.4, -0.2) is 40.6 Å². The molecule has 6 nitrogen and oxygen atoms in total. The lowest BCUT2D eigenvalue weighted by atomic mass is 9.98. The van der Waals surface area contributed by atoms with E-state index in [1.807, 2.05) is 25.1 Å². The summed E-state index contributed by atoms with van der Waals surface area (Å²) in [4.78, 5) is 12.6. The highest BCUT2D eigenvalue weighted by Crippen LogP contribution is 2.23. The molecule has 1 fully saturated rings. The summed E-state index contributed by atoms with van der Waals surface area (Å²) in [6, 6.07) is 13.4. The predicted molar refractivity (Wildman–Crippen MR) is 123 cm³/mol. The van der Waals surface area contributed by atoms with Crippen molar-refractivity contribution in [1.29, 1.82) is 0 Å². The lowest BCUT2D eigenvalue weighted by Crippen LogP contribution is -2.28. The third-order valence-corrected chi connectivity index (χ3v) is 7.41. The number of hydrogen-bond acceptors (Lipinski definition) is 4. The van der Waals surface area contributed by atoms with Gasteiger partial charge in [0.05, 0.1) is 16.7 Å². The molecule has 1 amide bonds. The van der Waals surface area contributed by atoms with Crippen LogP contribution in [0.5, 0.6) is 0 Å². The van der Waals surface area contributed by atoms with Crippen LogP contribution < -0.4 is 9.62 Å². The third-order valence-electron chi connectivity index (χ3n) is 5.63. The second-order valence-electron chi connectivity index (χ2n) is 8.08. The largest absolute Gasteiger partial charge is 0.378 e. The average molecular weight is 445 g/mol. The molecule has 0 aliphatic heterocycles. The van der Waals surface area contributed by atoms with Gasteiger partial charge in [0.1, 0.15) is 0 Å². The Morgan fingerprint density at radius 1 is 1.10 bits per heavy atom. The van der Waals surface area contributed by atoms with E-state index in [1.165, 1.54) is 42.7 Å². The summed E-state index contributed by atoms with van der Waals surface area (Å²) in [5, 5.41) is 2.86. The van der Waals surface area contributed by atoms with E-state index in [2.05, 4.69) is 5.32 Å². The van der Waals surface area contributed by atoms with Crippen molar-refractivity contribution < 1.29 is 17.9 Å². The predicted octanol–water partition coefficient (Wildman–Crippen LogP) is 4.29. The van der Waals surface area contributed by atoms with Gasteiger partial charge in [-0.2, -0.15) is 0 Å². The Bertz CT molecular complexity index is 985. The molecule has 1 saturated carbocycles. The fourth-order valence-corrected chi connectivity index (χ4v) is 5.01. The van der Waals surface area contributed by atoms with Crippen molar-refractivity contribution in [2.24, 2.45) is 0 Å². The standard InChI is InChI=1S/C24H32N2O4S/c1-19-9-6-11-21(17-19)26(2)31(28,29)23-14-7-10-20(18-23)24(27)25-15-8-16-30-22-12-4-3-5-13-22/h6-7,9-11,14,17-18,22H,3-5,8,12-13,15-16H2,1-2H3,(H,25,27). The summed E-state index contributed by atoms with van der Waals surface area (Å²) < 4.78 is 33.2. The van der Waals surface area contributed by atoms with Crippen LogP contribution in [0.25, 0.3) is 0 Å². The van der Waals surface area contributed by atoms with E-state index in [-0.39, 0.29) is 10.8 Å². The second-order valence-corrected chi connectivity index (χ2v) is 10.0. The Hall–Kier alpha value is -2.38. The van der Waals surface area contributed by atoms with E-state index in [1.54, 1.807) is 18.2 Å². The zero-order chi connectivity index (χ0) is 22.3. The Balaban J connectivity index is 1.56. The molecule has 31 heavy (non-hydrogen) atoms. The molecule has 0 bridgehead atoms. The number of carbonyl (C=O) groups excluding carboxylic acids is 1. The quantitative estimate of drug-likeness (QED) is 0.586. The number of benzene rings is 2. The van der Waals surface area contributed by atoms with Gasteiger partial charge in [-0.05, 0) is 62.1 Å². The van der Waals surface area contributed by atoms with Crippen molar-refractivity contribution in [3.05, 3.63) is 59.7 Å². The highest BCUT2D eigenvalue weighted by Gasteiger charge is 2.22. The SMILES string of the molecule is Cc1cccc(N(C)S(=O)(=O)c2cccc(C(=O)NCCCOC3CCCCC3)c2)c1. The van der Waals surface area contributed by atoms with Crippen LogP contribution in [0.3, 0.4) is 0 Å². The van der Waals surface area contributed by atoms with Crippen LogP contribution in [0.1, 0.15) is 54.4 Å². The molecule has 0 unspecified atom stereocenters. The van der Waals surface area contributed by atoms with Gasteiger partial charge in [-0.1, -0.05) is 37.5 Å². The molecule has 0 spiro atoms. The minimum atomic E-state index is -3.77. The van der Waals surface area contributed by atoms with Crippen LogP contribution >= 0.6 is 0 Å². The normalized spacial score (nSPS) is 14.9. The minimum Gasteiger partial charge on any atom is -0.378 e. The summed E-state index contributed by atoms with van der Waals surface area (Å²) in [7, 11) is -2.26. The molecular formula is C24H32N2O4S. The Morgan fingerprint density at radius 2 is 1.84 bits per heavy atom. The van der Waals surface area contributed by atoms with Gasteiger partial charge in [-0.15, -0.1) is 0 Å². The average Bonchev–Trinajstić information content (AvgIpc) is 2.79. The molecule has 0 saturated heterocycles. The highest BCUT2D eigenvalue weighted by atomic mass is 32.2. The molecule has 2 aromatic carbocycles. The first-order valence-corrected chi connectivity index (χ1v) is 12.4. The van der Waals surface area contributed by atoms with Crippen LogP contribution in [0.4, 0.5) is 5.69 Å². The van der Waals surface area contributed by atoms with E-state index in [4.69, 9.17) is 4.74 Å². The molecule has 7 heteroatoms. The van der Waals surface area contributed by atoms with Crippen molar-refractivity contribution >= 4 is 21.6 Å². The maximum absolute atomic E-state index is 13.0.